The van der Waals surface area contributed by atoms with Gasteiger partial charge in [-0.1, -0.05) is 30.3 Å². The van der Waals surface area contributed by atoms with E-state index in [4.69, 9.17) is 0 Å². The molecule has 18 heavy (non-hydrogen) atoms. The van der Waals surface area contributed by atoms with E-state index in [1.54, 1.807) is 0 Å². The lowest BCUT2D eigenvalue weighted by Gasteiger charge is -2.30. The van der Waals surface area contributed by atoms with Gasteiger partial charge in [-0.25, -0.2) is 0 Å². The van der Waals surface area contributed by atoms with Gasteiger partial charge in [0.25, 0.3) is 0 Å². The maximum absolute atomic E-state index is 11.9. The molecule has 0 saturated carbocycles. The maximum atomic E-state index is 11.9. The van der Waals surface area contributed by atoms with Crippen molar-refractivity contribution in [2.75, 3.05) is 26.7 Å². The monoisotopic (exact) mass is 268 g/mol. The Morgan fingerprint density at radius 1 is 1.33 bits per heavy atom. The van der Waals surface area contributed by atoms with Crippen molar-refractivity contribution in [1.29, 1.82) is 0 Å². The summed E-state index contributed by atoms with van der Waals surface area (Å²) in [5, 5.41) is 3.13. The van der Waals surface area contributed by atoms with Crippen molar-refractivity contribution in [2.45, 2.75) is 12.8 Å². The summed E-state index contributed by atoms with van der Waals surface area (Å²) in [5.74, 6) is 0.508. The van der Waals surface area contributed by atoms with Crippen LogP contribution in [0.3, 0.4) is 0 Å². The lowest BCUT2D eigenvalue weighted by Crippen LogP contribution is -2.51. The quantitative estimate of drug-likeness (QED) is 0.882. The minimum absolute atomic E-state index is 0. The van der Waals surface area contributed by atoms with Crippen molar-refractivity contribution in [3.63, 3.8) is 0 Å². The number of carbonyl (C=O) groups excluding carboxylic acids is 1. The Labute approximate surface area is 115 Å². The average molecular weight is 269 g/mol. The largest absolute Gasteiger partial charge is 0.345 e. The van der Waals surface area contributed by atoms with Crippen LogP contribution in [-0.4, -0.2) is 37.5 Å². The number of rotatable bonds is 5. The highest BCUT2D eigenvalue weighted by molar-refractivity contribution is 5.85. The van der Waals surface area contributed by atoms with E-state index in [1.807, 2.05) is 18.0 Å². The van der Waals surface area contributed by atoms with Gasteiger partial charge in [0, 0.05) is 26.7 Å². The first-order valence-corrected chi connectivity index (χ1v) is 6.27. The molecular formula is C14H21ClN2O. The zero-order valence-corrected chi connectivity index (χ0v) is 11.6. The molecule has 1 N–H and O–H groups in total. The molecule has 0 bridgehead atoms. The van der Waals surface area contributed by atoms with E-state index in [0.717, 1.165) is 32.5 Å². The Bertz CT molecular complexity index is 365. The molecule has 3 nitrogen and oxygen atoms in total. The molecule has 1 aromatic rings. The van der Waals surface area contributed by atoms with Crippen LogP contribution >= 0.6 is 12.4 Å². The fourth-order valence-electron chi connectivity index (χ4n) is 2.05. The maximum Gasteiger partial charge on any atom is 0.227 e. The van der Waals surface area contributed by atoms with Gasteiger partial charge in [-0.3, -0.25) is 4.79 Å². The first-order chi connectivity index (χ1) is 8.27. The number of hydrogen-bond acceptors (Lipinski definition) is 2. The van der Waals surface area contributed by atoms with Crippen LogP contribution < -0.4 is 5.32 Å². The predicted molar refractivity (Wildman–Crippen MR) is 76.0 cm³/mol. The van der Waals surface area contributed by atoms with Gasteiger partial charge in [0.1, 0.15) is 0 Å². The molecule has 1 fully saturated rings. The summed E-state index contributed by atoms with van der Waals surface area (Å²) in [6.45, 7) is 2.55. The molecule has 0 atom stereocenters. The zero-order valence-electron chi connectivity index (χ0n) is 10.8. The molecule has 0 unspecified atom stereocenters. The molecule has 1 amide bonds. The van der Waals surface area contributed by atoms with Crippen LogP contribution in [0.2, 0.25) is 0 Å². The van der Waals surface area contributed by atoms with Crippen LogP contribution in [0.15, 0.2) is 30.3 Å². The smallest absolute Gasteiger partial charge is 0.227 e. The minimum Gasteiger partial charge on any atom is -0.345 e. The lowest BCUT2D eigenvalue weighted by molar-refractivity contribution is -0.135. The molecule has 0 radical (unpaired) electrons. The summed E-state index contributed by atoms with van der Waals surface area (Å²) in [6, 6.07) is 10.4. The molecule has 1 heterocycles. The summed E-state index contributed by atoms with van der Waals surface area (Å²) in [6.07, 6.45) is 2.08. The molecule has 4 heteroatoms. The molecule has 100 valence electrons. The normalized spacial score (nSPS) is 14.5. The third-order valence-corrected chi connectivity index (χ3v) is 3.31. The van der Waals surface area contributed by atoms with Gasteiger partial charge in [0.2, 0.25) is 5.91 Å². The topological polar surface area (TPSA) is 32.3 Å². The van der Waals surface area contributed by atoms with Gasteiger partial charge in [0.15, 0.2) is 0 Å². The Hall–Kier alpha value is -1.06. The second kappa shape index (κ2) is 7.39. The van der Waals surface area contributed by atoms with Crippen LogP contribution in [0.4, 0.5) is 0 Å². The fraction of sp³-hybridized carbons (Fsp3) is 0.500. The van der Waals surface area contributed by atoms with Crippen LogP contribution in [0, 0.1) is 5.92 Å². The van der Waals surface area contributed by atoms with Crippen molar-refractivity contribution in [3.05, 3.63) is 35.9 Å². The first kappa shape index (κ1) is 15.0. The fourth-order valence-corrected chi connectivity index (χ4v) is 2.05. The second-order valence-corrected chi connectivity index (χ2v) is 4.70. The van der Waals surface area contributed by atoms with Gasteiger partial charge in [-0.05, 0) is 18.4 Å². The Balaban J connectivity index is 0.00000162. The predicted octanol–water partition coefficient (Wildman–Crippen LogP) is 1.72. The Kier molecular flexibility index (Phi) is 6.16. The first-order valence-electron chi connectivity index (χ1n) is 6.27. The molecule has 1 aromatic carbocycles. The van der Waals surface area contributed by atoms with E-state index in [2.05, 4.69) is 29.6 Å². The molecule has 2 rings (SSSR count). The number of nitrogens with one attached hydrogen (secondary N) is 1. The van der Waals surface area contributed by atoms with Gasteiger partial charge in [0.05, 0.1) is 5.92 Å². The number of hydrogen-bond donors (Lipinski definition) is 1. The molecule has 1 aliphatic rings. The molecular weight excluding hydrogens is 248 g/mol. The summed E-state index contributed by atoms with van der Waals surface area (Å²) < 4.78 is 0. The van der Waals surface area contributed by atoms with Gasteiger partial charge in [-0.15, -0.1) is 12.4 Å². The number of aryl methyl sites for hydroxylation is 1. The van der Waals surface area contributed by atoms with Crippen LogP contribution in [0.25, 0.3) is 0 Å². The molecule has 0 aromatic heterocycles. The van der Waals surface area contributed by atoms with Crippen molar-refractivity contribution in [3.8, 4) is 0 Å². The number of amides is 1. The van der Waals surface area contributed by atoms with Crippen molar-refractivity contribution < 1.29 is 4.79 Å². The Morgan fingerprint density at radius 3 is 2.56 bits per heavy atom. The van der Waals surface area contributed by atoms with Gasteiger partial charge >= 0.3 is 0 Å². The molecule has 1 aliphatic heterocycles. The number of benzene rings is 1. The average Bonchev–Trinajstić information content (AvgIpc) is 2.28. The number of halogens is 1. The van der Waals surface area contributed by atoms with Crippen LogP contribution in [0.1, 0.15) is 12.0 Å². The van der Waals surface area contributed by atoms with Crippen LogP contribution in [-0.2, 0) is 11.2 Å². The highest BCUT2D eigenvalue weighted by Crippen LogP contribution is 2.08. The standard InChI is InChI=1S/C14H20N2O.ClH/c1-16(14(17)13-10-15-11-13)9-5-8-12-6-3-2-4-7-12;/h2-4,6-7,13,15H,5,8-11H2,1H3;1H. The van der Waals surface area contributed by atoms with Gasteiger partial charge < -0.3 is 10.2 Å². The van der Waals surface area contributed by atoms with E-state index in [0.29, 0.717) is 0 Å². The minimum atomic E-state index is 0. The van der Waals surface area contributed by atoms with Crippen LogP contribution in [0.5, 0.6) is 0 Å². The lowest BCUT2D eigenvalue weighted by atomic mass is 10.0. The van der Waals surface area contributed by atoms with Crippen molar-refractivity contribution in [2.24, 2.45) is 5.92 Å². The van der Waals surface area contributed by atoms with Crippen molar-refractivity contribution >= 4 is 18.3 Å². The molecule has 1 saturated heterocycles. The highest BCUT2D eigenvalue weighted by atomic mass is 35.5. The number of nitrogens with zero attached hydrogens (tertiary/aromatic N) is 1. The molecule has 0 aliphatic carbocycles. The second-order valence-electron chi connectivity index (χ2n) is 4.70. The van der Waals surface area contributed by atoms with E-state index in [-0.39, 0.29) is 24.2 Å². The van der Waals surface area contributed by atoms with Crippen molar-refractivity contribution in [1.82, 2.24) is 10.2 Å². The summed E-state index contributed by atoms with van der Waals surface area (Å²) in [4.78, 5) is 13.7. The number of carbonyl (C=O) groups is 1. The van der Waals surface area contributed by atoms with Gasteiger partial charge in [-0.2, -0.15) is 0 Å². The zero-order chi connectivity index (χ0) is 12.1. The summed E-state index contributed by atoms with van der Waals surface area (Å²) >= 11 is 0. The van der Waals surface area contributed by atoms with E-state index in [9.17, 15) is 4.79 Å². The highest BCUT2D eigenvalue weighted by Gasteiger charge is 2.27. The van der Waals surface area contributed by atoms with E-state index >= 15 is 0 Å². The summed E-state index contributed by atoms with van der Waals surface area (Å²) in [7, 11) is 1.91. The SMILES string of the molecule is CN(CCCc1ccccc1)C(=O)C1CNC1.Cl. The Morgan fingerprint density at radius 2 is 2.00 bits per heavy atom. The van der Waals surface area contributed by atoms with E-state index in [1.165, 1.54) is 5.56 Å². The summed E-state index contributed by atoms with van der Waals surface area (Å²) in [5.41, 5.74) is 1.35. The van der Waals surface area contributed by atoms with E-state index < -0.39 is 0 Å². The third-order valence-electron chi connectivity index (χ3n) is 3.31. The molecule has 0 spiro atoms. The third kappa shape index (κ3) is 4.00.